The second-order valence-electron chi connectivity index (χ2n) is 6.78. The van der Waals surface area contributed by atoms with Crippen LogP contribution in [0.1, 0.15) is 30.3 Å². The Bertz CT molecular complexity index is 1120. The second kappa shape index (κ2) is 11.0. The first kappa shape index (κ1) is 24.4. The molecule has 6 nitrogen and oxygen atoms in total. The van der Waals surface area contributed by atoms with Gasteiger partial charge in [0.1, 0.15) is 10.7 Å². The number of nitrogens with one attached hydrogen (secondary N) is 1. The number of hydrogen-bond acceptors (Lipinski definition) is 6. The van der Waals surface area contributed by atoms with Gasteiger partial charge in [-0.25, -0.2) is 17.8 Å². The van der Waals surface area contributed by atoms with Crippen molar-refractivity contribution in [3.05, 3.63) is 76.4 Å². The topological polar surface area (TPSA) is 79.4 Å². The van der Waals surface area contributed by atoms with E-state index in [9.17, 15) is 17.6 Å². The molecule has 2 heterocycles. The summed E-state index contributed by atoms with van der Waals surface area (Å²) in [5.41, 5.74) is 0.788. The monoisotopic (exact) mass is 493 g/mol. The molecule has 0 aliphatic carbocycles. The Morgan fingerprint density at radius 1 is 1.16 bits per heavy atom. The van der Waals surface area contributed by atoms with E-state index in [1.54, 1.807) is 32.0 Å². The summed E-state index contributed by atoms with van der Waals surface area (Å²) >= 11 is 2.72. The highest BCUT2D eigenvalue weighted by Crippen LogP contribution is 2.27. The van der Waals surface area contributed by atoms with Crippen LogP contribution in [0.5, 0.6) is 0 Å². The number of rotatable bonds is 10. The van der Waals surface area contributed by atoms with Gasteiger partial charge in [0.2, 0.25) is 15.9 Å². The number of carbonyl (C=O) groups is 1. The normalized spacial score (nSPS) is 12.6. The molecule has 1 atom stereocenters. The first-order valence-electron chi connectivity index (χ1n) is 10.0. The van der Waals surface area contributed by atoms with E-state index in [-0.39, 0.29) is 28.4 Å². The van der Waals surface area contributed by atoms with Crippen molar-refractivity contribution < 1.29 is 17.6 Å². The fourth-order valence-electron chi connectivity index (χ4n) is 3.09. The van der Waals surface area contributed by atoms with E-state index in [4.69, 9.17) is 0 Å². The van der Waals surface area contributed by atoms with Crippen molar-refractivity contribution in [1.29, 1.82) is 0 Å². The SMILES string of the molecule is CCN(CC)S(=O)(=O)c1ccc(SCC(=O)NC(c2ccc(F)cc2)c2cccs2)nc1. The second-order valence-corrected chi connectivity index (χ2v) is 10.7. The molecule has 0 bridgehead atoms. The molecular formula is C22H24FN3O3S3. The Balaban J connectivity index is 1.65. The standard InChI is InChI=1S/C22H24FN3O3S3/c1-3-26(4-2)32(28,29)18-11-12-21(24-14-18)31-15-20(27)25-22(19-6-5-13-30-19)16-7-9-17(23)10-8-16/h5-14,22H,3-4,15H2,1-2H3,(H,25,27). The Labute approximate surface area is 195 Å². The maximum absolute atomic E-state index is 13.3. The molecule has 0 fully saturated rings. The van der Waals surface area contributed by atoms with E-state index >= 15 is 0 Å². The Kier molecular flexibility index (Phi) is 8.41. The average Bonchev–Trinajstić information content (AvgIpc) is 3.32. The molecule has 0 aliphatic heterocycles. The van der Waals surface area contributed by atoms with Crippen molar-refractivity contribution in [3.63, 3.8) is 0 Å². The van der Waals surface area contributed by atoms with Crippen LogP contribution in [0.25, 0.3) is 0 Å². The zero-order valence-corrected chi connectivity index (χ0v) is 20.1. The number of pyridine rings is 1. The van der Waals surface area contributed by atoms with E-state index in [0.29, 0.717) is 18.1 Å². The van der Waals surface area contributed by atoms with Crippen LogP contribution in [0.15, 0.2) is 70.0 Å². The third kappa shape index (κ3) is 5.94. The van der Waals surface area contributed by atoms with Crippen LogP contribution in [0.4, 0.5) is 4.39 Å². The van der Waals surface area contributed by atoms with Gasteiger partial charge in [0.05, 0.1) is 16.8 Å². The predicted molar refractivity (Wildman–Crippen MR) is 126 cm³/mol. The van der Waals surface area contributed by atoms with E-state index in [1.165, 1.54) is 51.8 Å². The van der Waals surface area contributed by atoms with Crippen molar-refractivity contribution >= 4 is 39.0 Å². The lowest BCUT2D eigenvalue weighted by Gasteiger charge is -2.18. The average molecular weight is 494 g/mol. The molecule has 0 saturated heterocycles. The molecule has 2 aromatic heterocycles. The summed E-state index contributed by atoms with van der Waals surface area (Å²) in [4.78, 5) is 17.9. The van der Waals surface area contributed by atoms with Gasteiger partial charge in [0, 0.05) is 24.2 Å². The fourth-order valence-corrected chi connectivity index (χ4v) is 5.95. The van der Waals surface area contributed by atoms with E-state index in [2.05, 4.69) is 10.3 Å². The minimum absolute atomic E-state index is 0.109. The van der Waals surface area contributed by atoms with Gasteiger partial charge in [-0.15, -0.1) is 11.3 Å². The number of nitrogens with zero attached hydrogens (tertiary/aromatic N) is 2. The molecule has 1 amide bonds. The van der Waals surface area contributed by atoms with Crippen LogP contribution < -0.4 is 5.32 Å². The van der Waals surface area contributed by atoms with Crippen molar-refractivity contribution in [2.24, 2.45) is 0 Å². The van der Waals surface area contributed by atoms with Gasteiger partial charge in [0.25, 0.3) is 0 Å². The summed E-state index contributed by atoms with van der Waals surface area (Å²) in [5, 5.41) is 5.46. The van der Waals surface area contributed by atoms with Gasteiger partial charge in [-0.3, -0.25) is 4.79 Å². The molecule has 1 unspecified atom stereocenters. The van der Waals surface area contributed by atoms with Crippen LogP contribution in [-0.4, -0.2) is 42.5 Å². The van der Waals surface area contributed by atoms with Crippen LogP contribution >= 0.6 is 23.1 Å². The molecule has 3 aromatic rings. The third-order valence-electron chi connectivity index (χ3n) is 4.74. The molecular weight excluding hydrogens is 469 g/mol. The van der Waals surface area contributed by atoms with Crippen LogP contribution in [0, 0.1) is 5.82 Å². The lowest BCUT2D eigenvalue weighted by atomic mass is 10.1. The molecule has 1 N–H and O–H groups in total. The van der Waals surface area contributed by atoms with Gasteiger partial charge in [-0.2, -0.15) is 4.31 Å². The van der Waals surface area contributed by atoms with Gasteiger partial charge in [0.15, 0.2) is 0 Å². The van der Waals surface area contributed by atoms with E-state index in [1.807, 2.05) is 17.5 Å². The molecule has 10 heteroatoms. The van der Waals surface area contributed by atoms with Gasteiger partial charge >= 0.3 is 0 Å². The molecule has 3 rings (SSSR count). The Morgan fingerprint density at radius 3 is 2.44 bits per heavy atom. The van der Waals surface area contributed by atoms with Gasteiger partial charge in [-0.05, 0) is 41.3 Å². The number of hydrogen-bond donors (Lipinski definition) is 1. The van der Waals surface area contributed by atoms with Gasteiger partial charge < -0.3 is 5.32 Å². The fraction of sp³-hybridized carbons (Fsp3) is 0.273. The summed E-state index contributed by atoms with van der Waals surface area (Å²) in [6.45, 7) is 4.34. The van der Waals surface area contributed by atoms with Gasteiger partial charge in [-0.1, -0.05) is 43.8 Å². The number of benzene rings is 1. The first-order chi connectivity index (χ1) is 15.3. The van der Waals surface area contributed by atoms with Crippen LogP contribution in [0.3, 0.4) is 0 Å². The number of thioether (sulfide) groups is 1. The molecule has 0 aliphatic rings. The highest BCUT2D eigenvalue weighted by Gasteiger charge is 2.22. The predicted octanol–water partition coefficient (Wildman–Crippen LogP) is 4.31. The zero-order valence-electron chi connectivity index (χ0n) is 17.7. The molecule has 0 saturated carbocycles. The summed E-state index contributed by atoms with van der Waals surface area (Å²) in [5.74, 6) is -0.435. The first-order valence-corrected chi connectivity index (χ1v) is 13.3. The number of thiophene rings is 1. The third-order valence-corrected chi connectivity index (χ3v) is 8.65. The number of amides is 1. The summed E-state index contributed by atoms with van der Waals surface area (Å²) in [6, 6.07) is 12.6. The number of sulfonamides is 1. The highest BCUT2D eigenvalue weighted by atomic mass is 32.2. The molecule has 1 aromatic carbocycles. The molecule has 0 radical (unpaired) electrons. The maximum Gasteiger partial charge on any atom is 0.244 e. The largest absolute Gasteiger partial charge is 0.344 e. The smallest absolute Gasteiger partial charge is 0.244 e. The zero-order chi connectivity index (χ0) is 23.1. The molecule has 32 heavy (non-hydrogen) atoms. The van der Waals surface area contributed by atoms with Crippen molar-refractivity contribution in [2.75, 3.05) is 18.8 Å². The van der Waals surface area contributed by atoms with E-state index in [0.717, 1.165) is 10.4 Å². The van der Waals surface area contributed by atoms with Crippen LogP contribution in [0.2, 0.25) is 0 Å². The summed E-state index contributed by atoms with van der Waals surface area (Å²) < 4.78 is 39.8. The van der Waals surface area contributed by atoms with Crippen molar-refractivity contribution in [1.82, 2.24) is 14.6 Å². The Hall–Kier alpha value is -2.27. The summed E-state index contributed by atoms with van der Waals surface area (Å²) in [7, 11) is -3.57. The number of carbonyl (C=O) groups excluding carboxylic acids is 1. The molecule has 0 spiro atoms. The molecule has 170 valence electrons. The highest BCUT2D eigenvalue weighted by molar-refractivity contribution is 7.99. The van der Waals surface area contributed by atoms with Crippen molar-refractivity contribution in [3.8, 4) is 0 Å². The lowest BCUT2D eigenvalue weighted by molar-refractivity contribution is -0.119. The Morgan fingerprint density at radius 2 is 1.88 bits per heavy atom. The summed E-state index contributed by atoms with van der Waals surface area (Å²) in [6.07, 6.45) is 1.32. The lowest BCUT2D eigenvalue weighted by Crippen LogP contribution is -2.30. The van der Waals surface area contributed by atoms with E-state index < -0.39 is 10.0 Å². The number of aromatic nitrogens is 1. The quantitative estimate of drug-likeness (QED) is 0.426. The number of halogens is 1. The minimum Gasteiger partial charge on any atom is -0.344 e. The van der Waals surface area contributed by atoms with Crippen LogP contribution in [-0.2, 0) is 14.8 Å². The minimum atomic E-state index is -3.57. The van der Waals surface area contributed by atoms with Crippen molar-refractivity contribution in [2.45, 2.75) is 29.8 Å². The maximum atomic E-state index is 13.3.